The van der Waals surface area contributed by atoms with Gasteiger partial charge in [0.15, 0.2) is 11.4 Å². The van der Waals surface area contributed by atoms with Crippen LogP contribution < -0.4 is 4.90 Å². The molecule has 0 bridgehead atoms. The summed E-state index contributed by atoms with van der Waals surface area (Å²) in [5, 5.41) is 9.88. The molecule has 31 heavy (non-hydrogen) atoms. The number of piperazine rings is 1. The molecule has 1 amide bonds. The molecule has 0 unspecified atom stereocenters. The summed E-state index contributed by atoms with van der Waals surface area (Å²) < 4.78 is 7.41. The predicted molar refractivity (Wildman–Crippen MR) is 118 cm³/mol. The highest BCUT2D eigenvalue weighted by Gasteiger charge is 2.28. The van der Waals surface area contributed by atoms with E-state index in [0.717, 1.165) is 34.4 Å². The number of amides is 1. The molecule has 0 atom stereocenters. The molecule has 4 aromatic rings. The average molecular weight is 413 g/mol. The summed E-state index contributed by atoms with van der Waals surface area (Å²) in [6, 6.07) is 13.8. The van der Waals surface area contributed by atoms with Crippen molar-refractivity contribution in [2.45, 2.75) is 20.3 Å². The summed E-state index contributed by atoms with van der Waals surface area (Å²) in [5.74, 6) is 1.38. The van der Waals surface area contributed by atoms with Gasteiger partial charge in [0.1, 0.15) is 11.9 Å². The van der Waals surface area contributed by atoms with Gasteiger partial charge < -0.3 is 14.2 Å². The van der Waals surface area contributed by atoms with Crippen molar-refractivity contribution in [3.8, 4) is 6.07 Å². The van der Waals surface area contributed by atoms with Crippen molar-refractivity contribution in [3.63, 3.8) is 0 Å². The van der Waals surface area contributed by atoms with Crippen molar-refractivity contribution in [2.75, 3.05) is 31.1 Å². The number of carbonyl (C=O) groups is 1. The van der Waals surface area contributed by atoms with Gasteiger partial charge in [-0.05, 0) is 48.7 Å². The number of nitriles is 1. The molecule has 0 aliphatic carbocycles. The molecule has 1 aliphatic heterocycles. The van der Waals surface area contributed by atoms with Crippen LogP contribution in [0.5, 0.6) is 0 Å². The molecule has 7 nitrogen and oxygen atoms in total. The summed E-state index contributed by atoms with van der Waals surface area (Å²) in [7, 11) is 0. The van der Waals surface area contributed by atoms with E-state index in [-0.39, 0.29) is 5.91 Å². The number of aromatic nitrogens is 2. The van der Waals surface area contributed by atoms with Crippen LogP contribution >= 0.6 is 0 Å². The molecule has 5 rings (SSSR count). The van der Waals surface area contributed by atoms with Crippen molar-refractivity contribution >= 4 is 28.4 Å². The van der Waals surface area contributed by atoms with Crippen molar-refractivity contribution in [1.82, 2.24) is 14.3 Å². The fourth-order valence-electron chi connectivity index (χ4n) is 4.60. The number of pyridine rings is 1. The summed E-state index contributed by atoms with van der Waals surface area (Å²) in [6.07, 6.45) is 2.33. The second-order valence-electron chi connectivity index (χ2n) is 7.78. The minimum atomic E-state index is -0.0744. The quantitative estimate of drug-likeness (QED) is 0.511. The smallest absolute Gasteiger partial charge is 0.289 e. The number of fused-ring (bicyclic) bond motifs is 3. The molecule has 1 saturated heterocycles. The third-order valence-electron chi connectivity index (χ3n) is 6.16. The number of benzene rings is 1. The topological polar surface area (TPSA) is 77.8 Å². The van der Waals surface area contributed by atoms with E-state index in [9.17, 15) is 10.1 Å². The highest BCUT2D eigenvalue weighted by Crippen LogP contribution is 2.34. The molecule has 3 aromatic heterocycles. The minimum Gasteiger partial charge on any atom is -0.459 e. The van der Waals surface area contributed by atoms with Gasteiger partial charge in [-0.25, -0.2) is 4.98 Å². The summed E-state index contributed by atoms with van der Waals surface area (Å²) in [6.45, 7) is 6.75. The Kier molecular flexibility index (Phi) is 4.63. The van der Waals surface area contributed by atoms with E-state index in [2.05, 4.69) is 22.3 Å². The van der Waals surface area contributed by atoms with Gasteiger partial charge in [-0.1, -0.05) is 19.1 Å². The molecule has 1 aliphatic rings. The number of anilines is 1. The maximum Gasteiger partial charge on any atom is 0.289 e. The Hall–Kier alpha value is -3.79. The zero-order chi connectivity index (χ0) is 21.5. The second kappa shape index (κ2) is 7.47. The van der Waals surface area contributed by atoms with Gasteiger partial charge in [-0.3, -0.25) is 9.20 Å². The summed E-state index contributed by atoms with van der Waals surface area (Å²) in [5.41, 5.74) is 5.33. The van der Waals surface area contributed by atoms with Crippen molar-refractivity contribution < 1.29 is 9.21 Å². The van der Waals surface area contributed by atoms with Crippen LogP contribution in [0.15, 0.2) is 47.1 Å². The van der Waals surface area contributed by atoms with E-state index in [1.165, 1.54) is 6.26 Å². The Morgan fingerprint density at radius 2 is 1.94 bits per heavy atom. The van der Waals surface area contributed by atoms with E-state index in [1.54, 1.807) is 12.1 Å². The molecule has 1 fully saturated rings. The zero-order valence-electron chi connectivity index (χ0n) is 17.6. The lowest BCUT2D eigenvalue weighted by Gasteiger charge is -2.37. The Morgan fingerprint density at radius 3 is 2.61 bits per heavy atom. The van der Waals surface area contributed by atoms with Crippen molar-refractivity contribution in [1.29, 1.82) is 5.26 Å². The van der Waals surface area contributed by atoms with E-state index in [4.69, 9.17) is 9.40 Å². The number of hydrogen-bond donors (Lipinski definition) is 0. The van der Waals surface area contributed by atoms with E-state index in [0.29, 0.717) is 43.1 Å². The molecule has 1 aromatic carbocycles. The van der Waals surface area contributed by atoms with E-state index in [1.807, 2.05) is 36.1 Å². The van der Waals surface area contributed by atoms with Crippen LogP contribution in [0.2, 0.25) is 0 Å². The van der Waals surface area contributed by atoms with Gasteiger partial charge in [0, 0.05) is 26.2 Å². The number of imidazole rings is 1. The maximum absolute atomic E-state index is 12.7. The Labute approximate surface area is 180 Å². The molecule has 4 heterocycles. The lowest BCUT2D eigenvalue weighted by atomic mass is 10.0. The van der Waals surface area contributed by atoms with E-state index >= 15 is 0 Å². The van der Waals surface area contributed by atoms with Gasteiger partial charge in [0.25, 0.3) is 5.91 Å². The van der Waals surface area contributed by atoms with Gasteiger partial charge in [0.2, 0.25) is 0 Å². The SMILES string of the molecule is CCc1c(C)c(C#N)c2nc3ccccc3n2c1N1CCN(C(=O)c2ccco2)CC1. The first-order valence-corrected chi connectivity index (χ1v) is 10.5. The van der Waals surface area contributed by atoms with Gasteiger partial charge in [-0.2, -0.15) is 5.26 Å². The van der Waals surface area contributed by atoms with Crippen LogP contribution in [-0.4, -0.2) is 46.4 Å². The Balaban J connectivity index is 1.60. The fraction of sp³-hybridized carbons (Fsp3) is 0.292. The van der Waals surface area contributed by atoms with Crippen LogP contribution in [0.25, 0.3) is 16.7 Å². The van der Waals surface area contributed by atoms with Crippen LogP contribution in [0, 0.1) is 18.3 Å². The molecule has 0 N–H and O–H groups in total. The van der Waals surface area contributed by atoms with E-state index < -0.39 is 0 Å². The standard InChI is InChI=1S/C24H23N5O2/c1-3-17-16(2)18(15-25)22-26-19-7-4-5-8-20(19)29(22)23(17)27-10-12-28(13-11-27)24(30)21-9-6-14-31-21/h4-9,14H,3,10-13H2,1-2H3. The van der Waals surface area contributed by atoms with Gasteiger partial charge >= 0.3 is 0 Å². The van der Waals surface area contributed by atoms with Crippen molar-refractivity contribution in [3.05, 3.63) is 65.1 Å². The lowest BCUT2D eigenvalue weighted by molar-refractivity contribution is 0.0714. The number of carbonyl (C=O) groups excluding carboxylic acids is 1. The number of hydrogen-bond acceptors (Lipinski definition) is 5. The first-order valence-electron chi connectivity index (χ1n) is 10.5. The van der Waals surface area contributed by atoms with Gasteiger partial charge in [0.05, 0.1) is 22.9 Å². The van der Waals surface area contributed by atoms with Crippen LogP contribution in [-0.2, 0) is 6.42 Å². The minimum absolute atomic E-state index is 0.0744. The highest BCUT2D eigenvalue weighted by atomic mass is 16.3. The number of furan rings is 1. The first kappa shape index (κ1) is 19.2. The molecular formula is C24H23N5O2. The number of rotatable bonds is 3. The van der Waals surface area contributed by atoms with Crippen LogP contribution in [0.4, 0.5) is 5.82 Å². The maximum atomic E-state index is 12.7. The summed E-state index contributed by atoms with van der Waals surface area (Å²) >= 11 is 0. The summed E-state index contributed by atoms with van der Waals surface area (Å²) in [4.78, 5) is 21.6. The second-order valence-corrected chi connectivity index (χ2v) is 7.78. The zero-order valence-corrected chi connectivity index (χ0v) is 17.6. The number of para-hydroxylation sites is 2. The molecule has 7 heteroatoms. The predicted octanol–water partition coefficient (Wildman–Crippen LogP) is 3.79. The fourth-order valence-corrected chi connectivity index (χ4v) is 4.60. The third kappa shape index (κ3) is 2.95. The highest BCUT2D eigenvalue weighted by molar-refractivity contribution is 5.91. The molecule has 0 spiro atoms. The Bertz CT molecular complexity index is 1320. The van der Waals surface area contributed by atoms with Crippen molar-refractivity contribution in [2.24, 2.45) is 0 Å². The van der Waals surface area contributed by atoms with Crippen LogP contribution in [0.1, 0.15) is 34.2 Å². The normalized spacial score (nSPS) is 14.4. The Morgan fingerprint density at radius 1 is 1.16 bits per heavy atom. The molecule has 0 radical (unpaired) electrons. The lowest BCUT2D eigenvalue weighted by Crippen LogP contribution is -2.49. The number of nitrogens with zero attached hydrogens (tertiary/aromatic N) is 5. The average Bonchev–Trinajstić information content (AvgIpc) is 3.46. The largest absolute Gasteiger partial charge is 0.459 e. The van der Waals surface area contributed by atoms with Gasteiger partial charge in [-0.15, -0.1) is 0 Å². The molecular weight excluding hydrogens is 390 g/mol. The monoisotopic (exact) mass is 413 g/mol. The third-order valence-corrected chi connectivity index (χ3v) is 6.16. The van der Waals surface area contributed by atoms with Crippen LogP contribution in [0.3, 0.4) is 0 Å². The molecule has 156 valence electrons. The molecule has 0 saturated carbocycles. The first-order chi connectivity index (χ1) is 15.1.